The molecule has 0 fully saturated rings. The molecule has 0 amide bonds. The molecule has 1 aromatic carbocycles. The predicted molar refractivity (Wildman–Crippen MR) is 89.2 cm³/mol. The van der Waals surface area contributed by atoms with Gasteiger partial charge in [0.15, 0.2) is 0 Å². The SMILES string of the molecule is C[C@H]1c2ccsc2CCN1Cc1nc2ccccc2[nH]c1=O. The van der Waals surface area contributed by atoms with Crippen molar-refractivity contribution in [2.45, 2.75) is 25.9 Å². The summed E-state index contributed by atoms with van der Waals surface area (Å²) in [6, 6.07) is 10.2. The van der Waals surface area contributed by atoms with E-state index in [-0.39, 0.29) is 5.56 Å². The van der Waals surface area contributed by atoms with Gasteiger partial charge in [-0.25, -0.2) is 4.98 Å². The van der Waals surface area contributed by atoms with E-state index in [1.807, 2.05) is 35.6 Å². The molecule has 0 aliphatic carbocycles. The Hall–Kier alpha value is -1.98. The average molecular weight is 311 g/mol. The number of aromatic amines is 1. The molecule has 2 aromatic heterocycles. The molecular formula is C17H17N3OS. The first-order valence-electron chi connectivity index (χ1n) is 7.50. The zero-order chi connectivity index (χ0) is 15.1. The third-order valence-corrected chi connectivity index (χ3v) is 5.42. The molecule has 1 aliphatic heterocycles. The fourth-order valence-electron chi connectivity index (χ4n) is 3.14. The fraction of sp³-hybridized carbons (Fsp3) is 0.294. The number of hydrogen-bond donors (Lipinski definition) is 1. The van der Waals surface area contributed by atoms with Crippen LogP contribution in [0.4, 0.5) is 0 Å². The third-order valence-electron chi connectivity index (χ3n) is 4.43. The molecule has 4 nitrogen and oxygen atoms in total. The largest absolute Gasteiger partial charge is 0.319 e. The number of nitrogens with one attached hydrogen (secondary N) is 1. The number of fused-ring (bicyclic) bond motifs is 2. The van der Waals surface area contributed by atoms with E-state index in [9.17, 15) is 4.79 Å². The fourth-order valence-corrected chi connectivity index (χ4v) is 4.11. The molecule has 0 radical (unpaired) electrons. The van der Waals surface area contributed by atoms with Crippen LogP contribution in [0.5, 0.6) is 0 Å². The van der Waals surface area contributed by atoms with Crippen molar-refractivity contribution in [3.63, 3.8) is 0 Å². The second kappa shape index (κ2) is 5.34. The summed E-state index contributed by atoms with van der Waals surface area (Å²) >= 11 is 1.83. The van der Waals surface area contributed by atoms with Crippen molar-refractivity contribution in [2.75, 3.05) is 6.54 Å². The van der Waals surface area contributed by atoms with E-state index in [1.165, 1.54) is 10.4 Å². The van der Waals surface area contributed by atoms with Crippen LogP contribution >= 0.6 is 11.3 Å². The smallest absolute Gasteiger partial charge is 0.271 e. The monoisotopic (exact) mass is 311 g/mol. The van der Waals surface area contributed by atoms with Gasteiger partial charge in [-0.2, -0.15) is 0 Å². The summed E-state index contributed by atoms with van der Waals surface area (Å²) in [5.41, 5.74) is 3.56. The Bertz CT molecular complexity index is 883. The molecule has 22 heavy (non-hydrogen) atoms. The van der Waals surface area contributed by atoms with Crippen LogP contribution in [0.15, 0.2) is 40.5 Å². The Morgan fingerprint density at radius 2 is 2.23 bits per heavy atom. The maximum atomic E-state index is 12.3. The molecule has 1 atom stereocenters. The van der Waals surface area contributed by atoms with Crippen LogP contribution in [0.2, 0.25) is 0 Å². The minimum atomic E-state index is -0.0815. The first kappa shape index (κ1) is 13.7. The maximum absolute atomic E-state index is 12.3. The zero-order valence-electron chi connectivity index (χ0n) is 12.4. The van der Waals surface area contributed by atoms with Gasteiger partial charge in [0, 0.05) is 24.0 Å². The van der Waals surface area contributed by atoms with E-state index >= 15 is 0 Å². The van der Waals surface area contributed by atoms with Crippen molar-refractivity contribution in [3.8, 4) is 0 Å². The summed E-state index contributed by atoms with van der Waals surface area (Å²) in [7, 11) is 0. The average Bonchev–Trinajstić information content (AvgIpc) is 3.00. The molecule has 1 aliphatic rings. The molecule has 0 spiro atoms. The minimum Gasteiger partial charge on any atom is -0.319 e. The zero-order valence-corrected chi connectivity index (χ0v) is 13.2. The normalized spacial score (nSPS) is 18.5. The highest BCUT2D eigenvalue weighted by atomic mass is 32.1. The number of thiophene rings is 1. The van der Waals surface area contributed by atoms with Crippen LogP contribution in [-0.2, 0) is 13.0 Å². The van der Waals surface area contributed by atoms with Gasteiger partial charge in [-0.05, 0) is 42.5 Å². The molecule has 1 N–H and O–H groups in total. The standard InChI is InChI=1S/C17H17N3OS/c1-11-12-7-9-22-16(12)6-8-20(11)10-15-17(21)19-14-5-3-2-4-13(14)18-15/h2-5,7,9,11H,6,8,10H2,1H3,(H,19,21)/t11-/m0/s1. The van der Waals surface area contributed by atoms with Crippen LogP contribution in [0.1, 0.15) is 29.1 Å². The highest BCUT2D eigenvalue weighted by molar-refractivity contribution is 7.10. The third kappa shape index (κ3) is 2.26. The topological polar surface area (TPSA) is 49.0 Å². The lowest BCUT2D eigenvalue weighted by Gasteiger charge is -2.33. The molecule has 3 heterocycles. The Morgan fingerprint density at radius 1 is 1.36 bits per heavy atom. The first-order valence-corrected chi connectivity index (χ1v) is 8.38. The Morgan fingerprint density at radius 3 is 3.14 bits per heavy atom. The van der Waals surface area contributed by atoms with E-state index in [1.54, 1.807) is 0 Å². The maximum Gasteiger partial charge on any atom is 0.271 e. The minimum absolute atomic E-state index is 0.0815. The number of hydrogen-bond acceptors (Lipinski definition) is 4. The van der Waals surface area contributed by atoms with E-state index in [0.29, 0.717) is 18.3 Å². The highest BCUT2D eigenvalue weighted by Gasteiger charge is 2.25. The Labute approximate surface area is 132 Å². The predicted octanol–water partition coefficient (Wildman–Crippen LogP) is 3.10. The van der Waals surface area contributed by atoms with E-state index in [2.05, 4.69) is 33.2 Å². The molecule has 0 saturated carbocycles. The number of rotatable bonds is 2. The van der Waals surface area contributed by atoms with Crippen LogP contribution in [0.25, 0.3) is 11.0 Å². The molecule has 5 heteroatoms. The summed E-state index contributed by atoms with van der Waals surface area (Å²) in [5.74, 6) is 0. The van der Waals surface area contributed by atoms with Gasteiger partial charge in [-0.3, -0.25) is 9.69 Å². The summed E-state index contributed by atoms with van der Waals surface area (Å²) in [6.45, 7) is 3.78. The lowest BCUT2D eigenvalue weighted by molar-refractivity contribution is 0.188. The summed E-state index contributed by atoms with van der Waals surface area (Å²) in [5, 5.41) is 2.16. The van der Waals surface area contributed by atoms with Crippen molar-refractivity contribution in [2.24, 2.45) is 0 Å². The van der Waals surface area contributed by atoms with Gasteiger partial charge in [0.05, 0.1) is 11.0 Å². The van der Waals surface area contributed by atoms with Crippen LogP contribution in [0, 0.1) is 0 Å². The number of aromatic nitrogens is 2. The number of benzene rings is 1. The van der Waals surface area contributed by atoms with Gasteiger partial charge in [0.1, 0.15) is 5.69 Å². The summed E-state index contributed by atoms with van der Waals surface area (Å²) in [6.07, 6.45) is 1.06. The van der Waals surface area contributed by atoms with Crippen molar-refractivity contribution >= 4 is 22.4 Å². The number of para-hydroxylation sites is 2. The van der Waals surface area contributed by atoms with Crippen molar-refractivity contribution in [3.05, 3.63) is 62.2 Å². The quantitative estimate of drug-likeness (QED) is 0.791. The molecule has 112 valence electrons. The Kier molecular flexibility index (Phi) is 3.32. The molecule has 0 saturated heterocycles. The summed E-state index contributed by atoms with van der Waals surface area (Å²) in [4.78, 5) is 23.6. The van der Waals surface area contributed by atoms with Crippen LogP contribution in [0.3, 0.4) is 0 Å². The van der Waals surface area contributed by atoms with Gasteiger partial charge in [0.2, 0.25) is 0 Å². The van der Waals surface area contributed by atoms with Gasteiger partial charge < -0.3 is 4.98 Å². The lowest BCUT2D eigenvalue weighted by atomic mass is 10.0. The number of nitrogens with zero attached hydrogens (tertiary/aromatic N) is 2. The molecular weight excluding hydrogens is 294 g/mol. The van der Waals surface area contributed by atoms with E-state index in [4.69, 9.17) is 0 Å². The molecule has 4 rings (SSSR count). The van der Waals surface area contributed by atoms with Gasteiger partial charge in [0.25, 0.3) is 5.56 Å². The van der Waals surface area contributed by atoms with Crippen molar-refractivity contribution in [1.82, 2.24) is 14.9 Å². The molecule has 3 aromatic rings. The van der Waals surface area contributed by atoms with Gasteiger partial charge in [-0.15, -0.1) is 11.3 Å². The lowest BCUT2D eigenvalue weighted by Crippen LogP contribution is -2.35. The van der Waals surface area contributed by atoms with Gasteiger partial charge in [-0.1, -0.05) is 12.1 Å². The van der Waals surface area contributed by atoms with Crippen LogP contribution in [-0.4, -0.2) is 21.4 Å². The Balaban J connectivity index is 1.67. The first-order chi connectivity index (χ1) is 10.7. The van der Waals surface area contributed by atoms with E-state index < -0.39 is 0 Å². The second-order valence-electron chi connectivity index (χ2n) is 5.73. The second-order valence-corrected chi connectivity index (χ2v) is 6.73. The van der Waals surface area contributed by atoms with Gasteiger partial charge >= 0.3 is 0 Å². The van der Waals surface area contributed by atoms with Crippen molar-refractivity contribution < 1.29 is 0 Å². The van der Waals surface area contributed by atoms with Crippen LogP contribution < -0.4 is 5.56 Å². The molecule has 0 unspecified atom stereocenters. The highest BCUT2D eigenvalue weighted by Crippen LogP contribution is 2.33. The summed E-state index contributed by atoms with van der Waals surface area (Å²) < 4.78 is 0. The van der Waals surface area contributed by atoms with Crippen molar-refractivity contribution in [1.29, 1.82) is 0 Å². The molecule has 0 bridgehead atoms. The van der Waals surface area contributed by atoms with E-state index in [0.717, 1.165) is 24.0 Å². The number of H-pyrrole nitrogens is 1.